The highest BCUT2D eigenvalue weighted by molar-refractivity contribution is 14.1. The molecule has 4 aromatic heterocycles. The summed E-state index contributed by atoms with van der Waals surface area (Å²) in [4.78, 5) is 92.3. The van der Waals surface area contributed by atoms with Gasteiger partial charge < -0.3 is 34.0 Å². The van der Waals surface area contributed by atoms with Crippen molar-refractivity contribution in [1.29, 1.82) is 0 Å². The number of fused-ring (bicyclic) bond motifs is 4. The maximum absolute atomic E-state index is 15.0. The lowest BCUT2D eigenvalue weighted by molar-refractivity contribution is 0.0155. The smallest absolute Gasteiger partial charge is 0.410 e. The lowest BCUT2D eigenvalue weighted by Gasteiger charge is -2.34. The standard InChI is InChI=1S/C43H44FN5O6S2.C27H26IN3O3S2/c1-43(2,3)55-42(53)48-22-20-47(21-23-48)18-7-9-28-15-16-35(32(44)25-28)54-24-8-14-37-39(40(51)52)46-41(57-37)49-19-17-29-10-6-11-30(31(29)27-49)34(50)26-38-45-33-12-4-5-13-36(33)56-38;1-2-34-26(33)25-23(11-6-13-28)36-27(30-25)31-14-12-17-7-5-8-18(19(17)16-31)21(32)15-24-29-20-9-3-4-10-22(20)35-24/h4-6,10-13,15-16,25H,8,14,17-24,26-27H2,1-3H3,(H,51,52);3-5,7-10H,2,6,11-16H2,1H3. The SMILES string of the molecule is CC(C)(C)OC(=O)N1CCN(CC#Cc2ccc(OCCCc3sc(N4CCc5cccc(C(=O)Cc6nc7ccccc7s6)c5C4)nc3C(=O)O)c(F)c2)CC1.CCOC(=O)c1nc(N2CCc3cccc(C(=O)Cc4nc5ccccc5s4)c3C2)sc1CCCI. The molecule has 9 aromatic rings. The molecule has 1 saturated heterocycles. The number of thiazole rings is 4. The molecule has 0 radical (unpaired) electrons. The second-order valence-electron chi connectivity index (χ2n) is 23.6. The van der Waals surface area contributed by atoms with E-state index in [2.05, 4.69) is 65.2 Å². The van der Waals surface area contributed by atoms with Gasteiger partial charge in [0.15, 0.2) is 44.8 Å². The molecule has 5 aromatic carbocycles. The van der Waals surface area contributed by atoms with Crippen molar-refractivity contribution in [1.82, 2.24) is 29.7 Å². The van der Waals surface area contributed by atoms with Crippen LogP contribution in [0.5, 0.6) is 5.75 Å². The Bertz CT molecular complexity index is 4230. The Morgan fingerprint density at radius 1 is 0.667 bits per heavy atom. The van der Waals surface area contributed by atoms with Crippen molar-refractivity contribution < 1.29 is 47.7 Å². The predicted octanol–water partition coefficient (Wildman–Crippen LogP) is 13.8. The van der Waals surface area contributed by atoms with Gasteiger partial charge in [0.1, 0.15) is 15.6 Å². The van der Waals surface area contributed by atoms with Crippen LogP contribution in [0.2, 0.25) is 0 Å². The third-order valence-corrected chi connectivity index (χ3v) is 21.1. The van der Waals surface area contributed by atoms with Crippen molar-refractivity contribution >= 4 is 128 Å². The van der Waals surface area contributed by atoms with Crippen molar-refractivity contribution in [2.45, 2.75) is 97.8 Å². The summed E-state index contributed by atoms with van der Waals surface area (Å²) in [5.41, 5.74) is 7.96. The number of anilines is 2. The number of amides is 1. The van der Waals surface area contributed by atoms with Gasteiger partial charge in [-0.25, -0.2) is 38.7 Å². The molecule has 3 aliphatic rings. The summed E-state index contributed by atoms with van der Waals surface area (Å²) in [6, 6.07) is 32.3. The number of benzene rings is 5. The molecular weight excluding hydrogens is 1370 g/mol. The normalized spacial score (nSPS) is 14.0. The van der Waals surface area contributed by atoms with Crippen LogP contribution in [0.25, 0.3) is 20.4 Å². The molecule has 0 aliphatic carbocycles. The lowest BCUT2D eigenvalue weighted by Crippen LogP contribution is -2.50. The van der Waals surface area contributed by atoms with Gasteiger partial charge >= 0.3 is 18.0 Å². The van der Waals surface area contributed by atoms with Crippen LogP contribution in [0, 0.1) is 17.7 Å². The largest absolute Gasteiger partial charge is 0.491 e. The molecule has 0 atom stereocenters. The summed E-state index contributed by atoms with van der Waals surface area (Å²) in [6.07, 6.45) is 4.37. The van der Waals surface area contributed by atoms with E-state index in [-0.39, 0.29) is 48.1 Å². The fourth-order valence-electron chi connectivity index (χ4n) is 11.3. The zero-order valence-electron chi connectivity index (χ0n) is 52.1. The molecule has 0 unspecified atom stereocenters. The van der Waals surface area contributed by atoms with E-state index in [9.17, 15) is 33.5 Å². The number of Topliss-reactive ketones (excluding diaryl/α,β-unsaturated/α-hetero) is 2. The van der Waals surface area contributed by atoms with Crippen LogP contribution >= 0.6 is 67.9 Å². The van der Waals surface area contributed by atoms with Crippen LogP contribution in [0.1, 0.15) is 130 Å². The number of aromatic carboxylic acids is 1. The Labute approximate surface area is 569 Å². The van der Waals surface area contributed by atoms with Crippen molar-refractivity contribution in [3.05, 3.63) is 179 Å². The van der Waals surface area contributed by atoms with Gasteiger partial charge in [-0.1, -0.05) is 95.1 Å². The zero-order chi connectivity index (χ0) is 65.2. The predicted molar refractivity (Wildman–Crippen MR) is 373 cm³/mol. The number of rotatable bonds is 20. The fraction of sp³-hybridized carbons (Fsp3) is 0.357. The van der Waals surface area contributed by atoms with Gasteiger partial charge in [0.25, 0.3) is 0 Å². The average molecular weight is 1440 g/mol. The number of carboxylic acids is 1. The van der Waals surface area contributed by atoms with Crippen molar-refractivity contribution in [3.8, 4) is 17.6 Å². The third kappa shape index (κ3) is 16.8. The van der Waals surface area contributed by atoms with E-state index in [1.807, 2.05) is 111 Å². The lowest BCUT2D eigenvalue weighted by atomic mass is 9.92. The number of carbonyl (C=O) groups excluding carboxylic acids is 4. The number of alkyl halides is 1. The summed E-state index contributed by atoms with van der Waals surface area (Å²) >= 11 is 8.36. The van der Waals surface area contributed by atoms with E-state index < -0.39 is 17.4 Å². The number of ketones is 2. The van der Waals surface area contributed by atoms with Gasteiger partial charge in [-0.05, 0) is 135 Å². The first-order chi connectivity index (χ1) is 45.0. The highest BCUT2D eigenvalue weighted by atomic mass is 127. The van der Waals surface area contributed by atoms with Crippen LogP contribution in [-0.4, -0.2) is 133 Å². The third-order valence-electron chi connectivity index (χ3n) is 15.9. The summed E-state index contributed by atoms with van der Waals surface area (Å²) < 4.78 is 34.6. The molecule has 482 valence electrons. The van der Waals surface area contributed by atoms with E-state index in [1.165, 1.54) is 34.3 Å². The molecule has 0 spiro atoms. The van der Waals surface area contributed by atoms with E-state index in [4.69, 9.17) is 19.2 Å². The van der Waals surface area contributed by atoms with Crippen LogP contribution < -0.4 is 14.5 Å². The summed E-state index contributed by atoms with van der Waals surface area (Å²) in [5, 5.41) is 13.0. The number of esters is 1. The van der Waals surface area contributed by atoms with Gasteiger partial charge in [-0.2, -0.15) is 0 Å². The molecule has 12 rings (SSSR count). The molecule has 17 nitrogen and oxygen atoms in total. The van der Waals surface area contributed by atoms with Crippen molar-refractivity contribution in [2.75, 3.05) is 73.3 Å². The second kappa shape index (κ2) is 30.6. The monoisotopic (exact) mass is 1440 g/mol. The second-order valence-corrected chi connectivity index (χ2v) is 29.0. The molecule has 1 amide bonds. The summed E-state index contributed by atoms with van der Waals surface area (Å²) in [5.74, 6) is 4.31. The van der Waals surface area contributed by atoms with Crippen LogP contribution in [0.3, 0.4) is 0 Å². The molecule has 23 heteroatoms. The van der Waals surface area contributed by atoms with Crippen molar-refractivity contribution in [2.24, 2.45) is 0 Å². The number of carbonyl (C=O) groups is 5. The molecule has 0 bridgehead atoms. The van der Waals surface area contributed by atoms with Crippen molar-refractivity contribution in [3.63, 3.8) is 0 Å². The molecule has 0 saturated carbocycles. The highest BCUT2D eigenvalue weighted by Gasteiger charge is 2.31. The van der Waals surface area contributed by atoms with Crippen LogP contribution in [0.15, 0.2) is 103 Å². The number of hydrogen-bond acceptors (Lipinski definition) is 19. The van der Waals surface area contributed by atoms with E-state index >= 15 is 0 Å². The molecular formula is C70H70FIN8O9S4. The number of aromatic nitrogens is 4. The van der Waals surface area contributed by atoms with Gasteiger partial charge in [-0.15, -0.1) is 45.3 Å². The number of carboxylic acid groups (broad SMARTS) is 1. The Kier molecular flexibility index (Phi) is 21.9. The minimum absolute atomic E-state index is 0.0000209. The molecule has 1 fully saturated rings. The van der Waals surface area contributed by atoms with Crippen LogP contribution in [0.4, 0.5) is 19.4 Å². The summed E-state index contributed by atoms with van der Waals surface area (Å²) in [7, 11) is 0. The first-order valence-electron chi connectivity index (χ1n) is 31.0. The molecule has 7 heterocycles. The molecule has 1 N–H and O–H groups in total. The van der Waals surface area contributed by atoms with E-state index in [0.717, 1.165) is 92.9 Å². The quantitative estimate of drug-likeness (QED) is 0.0189. The Balaban J connectivity index is 0.000000210. The first kappa shape index (κ1) is 66.7. The van der Waals surface area contributed by atoms with E-state index in [1.54, 1.807) is 39.7 Å². The van der Waals surface area contributed by atoms with Gasteiger partial charge in [0.05, 0.1) is 53.0 Å². The molecule has 93 heavy (non-hydrogen) atoms. The van der Waals surface area contributed by atoms with Gasteiger partial charge in [0, 0.05) is 78.8 Å². The first-order valence-corrected chi connectivity index (χ1v) is 35.8. The van der Waals surface area contributed by atoms with Crippen LogP contribution in [-0.2, 0) is 61.1 Å². The van der Waals surface area contributed by atoms with E-state index in [0.29, 0.717) is 111 Å². The number of nitrogens with zero attached hydrogens (tertiary/aromatic N) is 8. The minimum Gasteiger partial charge on any atom is -0.491 e. The number of ether oxygens (including phenoxy) is 3. The van der Waals surface area contributed by atoms with Gasteiger partial charge in [0.2, 0.25) is 0 Å². The Morgan fingerprint density at radius 2 is 1.23 bits per heavy atom. The maximum atomic E-state index is 15.0. The minimum atomic E-state index is -1.11. The maximum Gasteiger partial charge on any atom is 0.410 e. The van der Waals surface area contributed by atoms with Gasteiger partial charge in [-0.3, -0.25) is 14.5 Å². The zero-order valence-corrected chi connectivity index (χ0v) is 57.6. The number of para-hydroxylation sites is 2. The number of piperazine rings is 1. The topological polar surface area (TPSA) is 198 Å². The fourth-order valence-corrected chi connectivity index (χ4v) is 15.8. The highest BCUT2D eigenvalue weighted by Crippen LogP contribution is 2.36. The number of hydrogen-bond donors (Lipinski definition) is 1. The number of halogens is 2. The Hall–Kier alpha value is -7.73. The number of aryl methyl sites for hydroxylation is 2. The molecule has 3 aliphatic heterocycles. The Morgan fingerprint density at radius 3 is 1.76 bits per heavy atom. The summed E-state index contributed by atoms with van der Waals surface area (Å²) in [6.45, 7) is 13.3. The average Bonchev–Trinajstić information content (AvgIpc) is 1.83.